The van der Waals surface area contributed by atoms with E-state index in [0.717, 1.165) is 17.2 Å². The summed E-state index contributed by atoms with van der Waals surface area (Å²) in [4.78, 5) is 8.68. The second-order valence-electron chi connectivity index (χ2n) is 4.17. The smallest absolute Gasteiger partial charge is 0.229 e. The normalized spacial score (nSPS) is 10.2. The third-order valence-electron chi connectivity index (χ3n) is 2.40. The molecule has 1 heterocycles. The van der Waals surface area contributed by atoms with Crippen LogP contribution in [0.2, 0.25) is 10.0 Å². The molecule has 1 aromatic heterocycles. The Kier molecular flexibility index (Phi) is 4.82. The zero-order valence-electron chi connectivity index (χ0n) is 11.0. The van der Waals surface area contributed by atoms with Crippen LogP contribution in [-0.2, 0) is 0 Å². The Bertz CT molecular complexity index is 608. The lowest BCUT2D eigenvalue weighted by Gasteiger charge is -2.09. The van der Waals surface area contributed by atoms with Crippen molar-refractivity contribution in [2.45, 2.75) is 6.92 Å². The summed E-state index contributed by atoms with van der Waals surface area (Å²) in [5.41, 5.74) is 1.59. The molecule has 0 unspecified atom stereocenters. The van der Waals surface area contributed by atoms with Gasteiger partial charge in [-0.25, -0.2) is 4.98 Å². The average molecular weight is 309 g/mol. The van der Waals surface area contributed by atoms with Crippen LogP contribution in [0.1, 0.15) is 5.69 Å². The first-order valence-electron chi connectivity index (χ1n) is 6.00. The molecule has 6 heteroatoms. The van der Waals surface area contributed by atoms with Crippen molar-refractivity contribution < 1.29 is 0 Å². The molecule has 0 atom stereocenters. The highest BCUT2D eigenvalue weighted by Crippen LogP contribution is 2.24. The largest absolute Gasteiger partial charge is 0.366 e. The van der Waals surface area contributed by atoms with E-state index in [2.05, 4.69) is 27.2 Å². The number of hydrogen-bond donors (Lipinski definition) is 2. The Morgan fingerprint density at radius 1 is 1.15 bits per heavy atom. The van der Waals surface area contributed by atoms with Crippen LogP contribution in [-0.4, -0.2) is 16.5 Å². The van der Waals surface area contributed by atoms with E-state index in [0.29, 0.717) is 22.5 Å². The van der Waals surface area contributed by atoms with Crippen molar-refractivity contribution in [3.63, 3.8) is 0 Å². The third kappa shape index (κ3) is 4.11. The molecule has 4 nitrogen and oxygen atoms in total. The second kappa shape index (κ2) is 6.59. The Labute approximate surface area is 127 Å². The molecule has 0 amide bonds. The molecule has 2 rings (SSSR count). The first-order chi connectivity index (χ1) is 9.56. The maximum Gasteiger partial charge on any atom is 0.229 e. The van der Waals surface area contributed by atoms with Crippen LogP contribution in [0.3, 0.4) is 0 Å². The minimum absolute atomic E-state index is 0.481. The van der Waals surface area contributed by atoms with Gasteiger partial charge in [-0.2, -0.15) is 4.98 Å². The van der Waals surface area contributed by atoms with Gasteiger partial charge in [0.2, 0.25) is 5.95 Å². The van der Waals surface area contributed by atoms with Crippen molar-refractivity contribution in [1.29, 1.82) is 0 Å². The number of nitrogens with one attached hydrogen (secondary N) is 2. The maximum atomic E-state index is 5.96. The van der Waals surface area contributed by atoms with Gasteiger partial charge in [0.25, 0.3) is 0 Å². The molecule has 0 spiro atoms. The SMILES string of the molecule is C=CCNc1cc(C)nc(Nc2cc(Cl)cc(Cl)c2)n1. The van der Waals surface area contributed by atoms with E-state index in [1.807, 2.05) is 13.0 Å². The monoisotopic (exact) mass is 308 g/mol. The van der Waals surface area contributed by atoms with E-state index in [-0.39, 0.29) is 0 Å². The van der Waals surface area contributed by atoms with Crippen LogP contribution in [0.15, 0.2) is 36.9 Å². The Hall–Kier alpha value is -1.78. The molecule has 0 saturated carbocycles. The van der Waals surface area contributed by atoms with Gasteiger partial charge in [0.05, 0.1) is 0 Å². The van der Waals surface area contributed by atoms with Crippen molar-refractivity contribution in [3.05, 3.63) is 52.7 Å². The zero-order valence-corrected chi connectivity index (χ0v) is 12.5. The molecule has 2 N–H and O–H groups in total. The molecule has 0 aliphatic carbocycles. The fraction of sp³-hybridized carbons (Fsp3) is 0.143. The molecule has 104 valence electrons. The van der Waals surface area contributed by atoms with E-state index in [4.69, 9.17) is 23.2 Å². The lowest BCUT2D eigenvalue weighted by atomic mass is 10.3. The topological polar surface area (TPSA) is 49.8 Å². The van der Waals surface area contributed by atoms with Gasteiger partial charge in [0.1, 0.15) is 5.82 Å². The molecule has 2 aromatic rings. The van der Waals surface area contributed by atoms with Gasteiger partial charge in [-0.05, 0) is 25.1 Å². The van der Waals surface area contributed by atoms with E-state index >= 15 is 0 Å². The summed E-state index contributed by atoms with van der Waals surface area (Å²) in [5.74, 6) is 1.21. The predicted molar refractivity (Wildman–Crippen MR) is 85.2 cm³/mol. The molecule has 0 radical (unpaired) electrons. The van der Waals surface area contributed by atoms with Gasteiger partial charge in [0, 0.05) is 34.0 Å². The number of benzene rings is 1. The van der Waals surface area contributed by atoms with Crippen LogP contribution in [0.5, 0.6) is 0 Å². The summed E-state index contributed by atoms with van der Waals surface area (Å²) < 4.78 is 0. The van der Waals surface area contributed by atoms with Gasteiger partial charge >= 0.3 is 0 Å². The Balaban J connectivity index is 2.23. The van der Waals surface area contributed by atoms with E-state index in [1.165, 1.54) is 0 Å². The number of halogens is 2. The van der Waals surface area contributed by atoms with E-state index in [1.54, 1.807) is 24.3 Å². The van der Waals surface area contributed by atoms with Crippen LogP contribution < -0.4 is 10.6 Å². The second-order valence-corrected chi connectivity index (χ2v) is 5.04. The number of anilines is 3. The number of aryl methyl sites for hydroxylation is 1. The minimum atomic E-state index is 0.481. The van der Waals surface area contributed by atoms with E-state index < -0.39 is 0 Å². The molecule has 0 bridgehead atoms. The average Bonchev–Trinajstić information content (AvgIpc) is 2.34. The van der Waals surface area contributed by atoms with Crippen molar-refractivity contribution in [3.8, 4) is 0 Å². The molecule has 0 aliphatic heterocycles. The molecule has 0 saturated heterocycles. The molecular formula is C14H14Cl2N4. The lowest BCUT2D eigenvalue weighted by Crippen LogP contribution is -2.05. The minimum Gasteiger partial charge on any atom is -0.366 e. The quantitative estimate of drug-likeness (QED) is 0.802. The summed E-state index contributed by atoms with van der Waals surface area (Å²) in [6.07, 6.45) is 1.77. The molecule has 1 aromatic carbocycles. The zero-order chi connectivity index (χ0) is 14.5. The summed E-state index contributed by atoms with van der Waals surface area (Å²) in [7, 11) is 0. The van der Waals surface area contributed by atoms with Crippen LogP contribution >= 0.6 is 23.2 Å². The van der Waals surface area contributed by atoms with Crippen molar-refractivity contribution in [2.24, 2.45) is 0 Å². The van der Waals surface area contributed by atoms with Gasteiger partial charge in [0.15, 0.2) is 0 Å². The van der Waals surface area contributed by atoms with Crippen LogP contribution in [0.25, 0.3) is 0 Å². The van der Waals surface area contributed by atoms with Crippen LogP contribution in [0, 0.1) is 6.92 Å². The third-order valence-corrected chi connectivity index (χ3v) is 2.84. The summed E-state index contributed by atoms with van der Waals surface area (Å²) >= 11 is 11.9. The fourth-order valence-corrected chi connectivity index (χ4v) is 2.17. The number of hydrogen-bond acceptors (Lipinski definition) is 4. The van der Waals surface area contributed by atoms with Gasteiger partial charge in [-0.3, -0.25) is 0 Å². The Morgan fingerprint density at radius 2 is 1.85 bits per heavy atom. The van der Waals surface area contributed by atoms with Gasteiger partial charge < -0.3 is 10.6 Å². The molecule has 0 aliphatic rings. The first-order valence-corrected chi connectivity index (χ1v) is 6.76. The number of aromatic nitrogens is 2. The highest BCUT2D eigenvalue weighted by atomic mass is 35.5. The highest BCUT2D eigenvalue weighted by molar-refractivity contribution is 6.35. The molecular weight excluding hydrogens is 295 g/mol. The Morgan fingerprint density at radius 3 is 2.50 bits per heavy atom. The number of rotatable bonds is 5. The van der Waals surface area contributed by atoms with Gasteiger partial charge in [-0.15, -0.1) is 6.58 Å². The van der Waals surface area contributed by atoms with Gasteiger partial charge in [-0.1, -0.05) is 29.3 Å². The van der Waals surface area contributed by atoms with Crippen molar-refractivity contribution in [2.75, 3.05) is 17.2 Å². The predicted octanol–water partition coefficient (Wildman–Crippen LogP) is 4.43. The highest BCUT2D eigenvalue weighted by Gasteiger charge is 2.04. The number of nitrogens with zero attached hydrogens (tertiary/aromatic N) is 2. The molecule has 0 fully saturated rings. The standard InChI is InChI=1S/C14H14Cl2N4/c1-3-4-17-13-5-9(2)18-14(20-13)19-12-7-10(15)6-11(16)8-12/h3,5-8H,1,4H2,2H3,(H2,17,18,19,20). The van der Waals surface area contributed by atoms with Crippen LogP contribution in [0.4, 0.5) is 17.5 Å². The summed E-state index contributed by atoms with van der Waals surface area (Å²) in [6, 6.07) is 7.05. The van der Waals surface area contributed by atoms with E-state index in [9.17, 15) is 0 Å². The lowest BCUT2D eigenvalue weighted by molar-refractivity contribution is 1.09. The summed E-state index contributed by atoms with van der Waals surface area (Å²) in [5, 5.41) is 7.32. The fourth-order valence-electron chi connectivity index (χ4n) is 1.65. The molecule has 20 heavy (non-hydrogen) atoms. The first kappa shape index (κ1) is 14.6. The summed E-state index contributed by atoms with van der Waals surface area (Å²) in [6.45, 7) is 6.19. The van der Waals surface area contributed by atoms with Crippen molar-refractivity contribution in [1.82, 2.24) is 9.97 Å². The van der Waals surface area contributed by atoms with Crippen molar-refractivity contribution >= 4 is 40.7 Å². The maximum absolute atomic E-state index is 5.96.